The van der Waals surface area contributed by atoms with Gasteiger partial charge in [-0.15, -0.1) is 10.2 Å². The summed E-state index contributed by atoms with van der Waals surface area (Å²) in [6, 6.07) is 13.9. The molecule has 1 saturated heterocycles. The van der Waals surface area contributed by atoms with Crippen LogP contribution in [-0.4, -0.2) is 32.2 Å². The molecule has 1 aliphatic heterocycles. The lowest BCUT2D eigenvalue weighted by atomic mass is 10.00. The number of amides is 1. The van der Waals surface area contributed by atoms with Crippen molar-refractivity contribution in [2.75, 3.05) is 11.4 Å². The summed E-state index contributed by atoms with van der Waals surface area (Å²) in [6.45, 7) is 0.760. The molecule has 0 N–H and O–H groups in total. The number of nitrogens with zero attached hydrogens (tertiary/aromatic N) is 5. The van der Waals surface area contributed by atoms with Crippen molar-refractivity contribution < 1.29 is 4.79 Å². The van der Waals surface area contributed by atoms with Gasteiger partial charge in [-0.25, -0.2) is 4.98 Å². The summed E-state index contributed by atoms with van der Waals surface area (Å²) in [5, 5.41) is 7.56. The molecule has 3 heterocycles. The maximum Gasteiger partial charge on any atom is 0.227 e. The van der Waals surface area contributed by atoms with E-state index in [-0.39, 0.29) is 5.91 Å². The van der Waals surface area contributed by atoms with Crippen molar-refractivity contribution >= 4 is 11.6 Å². The molecule has 6 nitrogen and oxygen atoms in total. The zero-order valence-electron chi connectivity index (χ0n) is 13.1. The first-order chi connectivity index (χ1) is 11.8. The van der Waals surface area contributed by atoms with Gasteiger partial charge in [0.25, 0.3) is 0 Å². The SMILES string of the molecule is O=C1C[C@@H](Cc2ccc(-n3cnnc3)nc2)CN1c1ccccc1. The van der Waals surface area contributed by atoms with Gasteiger partial charge < -0.3 is 4.90 Å². The molecule has 4 rings (SSSR count). The van der Waals surface area contributed by atoms with E-state index in [4.69, 9.17) is 0 Å². The largest absolute Gasteiger partial charge is 0.312 e. The van der Waals surface area contributed by atoms with Crippen molar-refractivity contribution in [1.29, 1.82) is 0 Å². The summed E-state index contributed by atoms with van der Waals surface area (Å²) in [4.78, 5) is 18.6. The van der Waals surface area contributed by atoms with Crippen molar-refractivity contribution in [2.45, 2.75) is 12.8 Å². The molecular weight excluding hydrogens is 302 g/mol. The average Bonchev–Trinajstić information content (AvgIpc) is 3.26. The van der Waals surface area contributed by atoms with E-state index in [9.17, 15) is 4.79 Å². The van der Waals surface area contributed by atoms with Crippen LogP contribution in [0, 0.1) is 5.92 Å². The summed E-state index contributed by atoms with van der Waals surface area (Å²) < 4.78 is 1.76. The highest BCUT2D eigenvalue weighted by atomic mass is 16.2. The Morgan fingerprint density at radius 2 is 1.83 bits per heavy atom. The molecule has 1 atom stereocenters. The van der Waals surface area contributed by atoms with Gasteiger partial charge >= 0.3 is 0 Å². The fourth-order valence-corrected chi connectivity index (χ4v) is 3.12. The van der Waals surface area contributed by atoms with E-state index in [0.717, 1.165) is 30.0 Å². The second kappa shape index (κ2) is 6.23. The van der Waals surface area contributed by atoms with Crippen LogP contribution in [0.15, 0.2) is 61.3 Å². The third-order valence-electron chi connectivity index (χ3n) is 4.29. The fourth-order valence-electron chi connectivity index (χ4n) is 3.12. The van der Waals surface area contributed by atoms with Crippen LogP contribution in [-0.2, 0) is 11.2 Å². The molecule has 0 unspecified atom stereocenters. The maximum atomic E-state index is 12.3. The highest BCUT2D eigenvalue weighted by Crippen LogP contribution is 2.27. The molecule has 0 aliphatic carbocycles. The number of rotatable bonds is 4. The Hall–Kier alpha value is -3.02. The van der Waals surface area contributed by atoms with E-state index in [1.807, 2.05) is 47.5 Å². The predicted octanol–water partition coefficient (Wildman–Crippen LogP) is 2.26. The number of aromatic nitrogens is 4. The van der Waals surface area contributed by atoms with E-state index in [2.05, 4.69) is 21.2 Å². The minimum Gasteiger partial charge on any atom is -0.312 e. The lowest BCUT2D eigenvalue weighted by Crippen LogP contribution is -2.24. The average molecular weight is 319 g/mol. The molecule has 0 radical (unpaired) electrons. The molecule has 6 heteroatoms. The van der Waals surface area contributed by atoms with Gasteiger partial charge in [0.15, 0.2) is 0 Å². The summed E-state index contributed by atoms with van der Waals surface area (Å²) >= 11 is 0. The highest BCUT2D eigenvalue weighted by molar-refractivity contribution is 5.95. The molecule has 120 valence electrons. The van der Waals surface area contributed by atoms with Crippen LogP contribution in [0.25, 0.3) is 5.82 Å². The number of hydrogen-bond donors (Lipinski definition) is 0. The lowest BCUT2D eigenvalue weighted by Gasteiger charge is -2.16. The Morgan fingerprint density at radius 3 is 2.54 bits per heavy atom. The minimum absolute atomic E-state index is 0.195. The monoisotopic (exact) mass is 319 g/mol. The van der Waals surface area contributed by atoms with Crippen molar-refractivity contribution in [2.24, 2.45) is 5.92 Å². The molecule has 1 aliphatic rings. The van der Waals surface area contributed by atoms with Crippen molar-refractivity contribution in [3.63, 3.8) is 0 Å². The van der Waals surface area contributed by atoms with Gasteiger partial charge in [0.2, 0.25) is 5.91 Å². The van der Waals surface area contributed by atoms with Crippen LogP contribution in [0.4, 0.5) is 5.69 Å². The lowest BCUT2D eigenvalue weighted by molar-refractivity contribution is -0.117. The third kappa shape index (κ3) is 2.90. The van der Waals surface area contributed by atoms with E-state index in [1.54, 1.807) is 17.2 Å². The van der Waals surface area contributed by atoms with Gasteiger partial charge in [-0.2, -0.15) is 0 Å². The van der Waals surface area contributed by atoms with Crippen LogP contribution >= 0.6 is 0 Å². The molecule has 1 aromatic carbocycles. The maximum absolute atomic E-state index is 12.3. The Labute approximate surface area is 139 Å². The zero-order chi connectivity index (χ0) is 16.4. The van der Waals surface area contributed by atoms with Crippen LogP contribution in [0.3, 0.4) is 0 Å². The summed E-state index contributed by atoms with van der Waals surface area (Å²) in [5.41, 5.74) is 2.12. The molecule has 1 amide bonds. The van der Waals surface area contributed by atoms with Crippen LogP contribution in [0.1, 0.15) is 12.0 Å². The zero-order valence-corrected chi connectivity index (χ0v) is 13.1. The Bertz CT molecular complexity index is 814. The number of para-hydroxylation sites is 1. The Balaban J connectivity index is 1.44. The number of pyridine rings is 1. The van der Waals surface area contributed by atoms with Crippen molar-refractivity contribution in [1.82, 2.24) is 19.7 Å². The van der Waals surface area contributed by atoms with E-state index in [1.165, 1.54) is 0 Å². The number of hydrogen-bond acceptors (Lipinski definition) is 4. The van der Waals surface area contributed by atoms with E-state index < -0.39 is 0 Å². The molecular formula is C18H17N5O. The normalized spacial score (nSPS) is 17.4. The molecule has 3 aromatic rings. The number of carbonyl (C=O) groups is 1. The standard InChI is InChI=1S/C18H17N5O/c24-18-9-15(11-23(18)16-4-2-1-3-5-16)8-14-6-7-17(19-10-14)22-12-20-21-13-22/h1-7,10,12-13,15H,8-9,11H2/t15-/m1/s1. The molecule has 0 spiro atoms. The van der Waals surface area contributed by atoms with Crippen LogP contribution in [0.2, 0.25) is 0 Å². The molecule has 2 aromatic heterocycles. The smallest absolute Gasteiger partial charge is 0.227 e. The summed E-state index contributed by atoms with van der Waals surface area (Å²) in [5.74, 6) is 1.30. The van der Waals surface area contributed by atoms with Crippen molar-refractivity contribution in [3.05, 3.63) is 66.9 Å². The van der Waals surface area contributed by atoms with Gasteiger partial charge in [0, 0.05) is 24.8 Å². The fraction of sp³-hybridized carbons (Fsp3) is 0.222. The number of benzene rings is 1. The van der Waals surface area contributed by atoms with Crippen LogP contribution in [0.5, 0.6) is 0 Å². The van der Waals surface area contributed by atoms with E-state index in [0.29, 0.717) is 12.3 Å². The van der Waals surface area contributed by atoms with Gasteiger partial charge in [-0.3, -0.25) is 9.36 Å². The molecule has 24 heavy (non-hydrogen) atoms. The summed E-state index contributed by atoms with van der Waals surface area (Å²) in [7, 11) is 0. The predicted molar refractivity (Wildman–Crippen MR) is 89.8 cm³/mol. The van der Waals surface area contributed by atoms with Gasteiger partial charge in [0.05, 0.1) is 0 Å². The first kappa shape index (κ1) is 14.6. The number of carbonyl (C=O) groups excluding carboxylic acids is 1. The second-order valence-corrected chi connectivity index (χ2v) is 6.01. The number of anilines is 1. The quantitative estimate of drug-likeness (QED) is 0.740. The minimum atomic E-state index is 0.195. The highest BCUT2D eigenvalue weighted by Gasteiger charge is 2.30. The first-order valence-corrected chi connectivity index (χ1v) is 7.95. The first-order valence-electron chi connectivity index (χ1n) is 7.95. The van der Waals surface area contributed by atoms with Gasteiger partial charge in [0.1, 0.15) is 18.5 Å². The van der Waals surface area contributed by atoms with Gasteiger partial charge in [-0.1, -0.05) is 24.3 Å². The Morgan fingerprint density at radius 1 is 1.04 bits per heavy atom. The molecule has 1 fully saturated rings. The van der Waals surface area contributed by atoms with Gasteiger partial charge in [-0.05, 0) is 36.1 Å². The molecule has 0 bridgehead atoms. The summed E-state index contributed by atoms with van der Waals surface area (Å²) in [6.07, 6.45) is 6.54. The molecule has 0 saturated carbocycles. The Kier molecular flexibility index (Phi) is 3.78. The van der Waals surface area contributed by atoms with Crippen molar-refractivity contribution in [3.8, 4) is 5.82 Å². The van der Waals surface area contributed by atoms with E-state index >= 15 is 0 Å². The second-order valence-electron chi connectivity index (χ2n) is 6.01. The third-order valence-corrected chi connectivity index (χ3v) is 4.29. The van der Waals surface area contributed by atoms with Crippen LogP contribution < -0.4 is 4.90 Å². The topological polar surface area (TPSA) is 63.9 Å².